The van der Waals surface area contributed by atoms with Crippen LogP contribution >= 0.6 is 0 Å². The number of hydrogen-bond acceptors (Lipinski definition) is 9. The van der Waals surface area contributed by atoms with Crippen LogP contribution in [-0.2, 0) is 11.3 Å². The summed E-state index contributed by atoms with van der Waals surface area (Å²) in [5, 5.41) is 6.76. The third-order valence-corrected chi connectivity index (χ3v) is 11.1. The van der Waals surface area contributed by atoms with Gasteiger partial charge in [-0.1, -0.05) is 30.7 Å². The molecule has 0 aliphatic carbocycles. The lowest BCUT2D eigenvalue weighted by molar-refractivity contribution is 0.0352. The van der Waals surface area contributed by atoms with Gasteiger partial charge in [-0.25, -0.2) is 0 Å². The molecule has 5 aliphatic rings. The molecule has 5 heterocycles. The molecule has 5 aliphatic heterocycles. The van der Waals surface area contributed by atoms with Gasteiger partial charge < -0.3 is 15.0 Å². The zero-order chi connectivity index (χ0) is 34.2. The molecule has 0 unspecified atom stereocenters. The second-order valence-corrected chi connectivity index (χ2v) is 14.3. The van der Waals surface area contributed by atoms with Gasteiger partial charge in [-0.2, -0.15) is 0 Å². The lowest BCUT2D eigenvalue weighted by atomic mass is 9.81. The highest BCUT2D eigenvalue weighted by Crippen LogP contribution is 2.44. The number of anilines is 1. The number of nitrogens with zero attached hydrogens (tertiary/aromatic N) is 4. The number of nitrogens with one attached hydrogen (secondary N) is 2. The number of carbonyl (C=O) groups excluding carboxylic acids is 4. The van der Waals surface area contributed by atoms with E-state index >= 15 is 0 Å². The van der Waals surface area contributed by atoms with Crippen LogP contribution < -0.4 is 10.6 Å². The van der Waals surface area contributed by atoms with Gasteiger partial charge in [0.25, 0.3) is 23.6 Å². The third kappa shape index (κ3) is 6.32. The Morgan fingerprint density at radius 2 is 1.32 bits per heavy atom. The largest absolute Gasteiger partial charge is 0.383 e. The van der Waals surface area contributed by atoms with E-state index in [0.29, 0.717) is 70.5 Å². The molecule has 0 spiro atoms. The predicted molar refractivity (Wildman–Crippen MR) is 192 cm³/mol. The number of morpholine rings is 1. The number of likely N-dealkylation sites (tertiary alicyclic amines) is 2. The normalized spacial score (nSPS) is 20.2. The minimum Gasteiger partial charge on any atom is -0.383 e. The van der Waals surface area contributed by atoms with Crippen molar-refractivity contribution in [1.29, 1.82) is 0 Å². The maximum atomic E-state index is 14.6. The van der Waals surface area contributed by atoms with Gasteiger partial charge in [0.15, 0.2) is 0 Å². The second-order valence-electron chi connectivity index (χ2n) is 14.3. The zero-order valence-electron chi connectivity index (χ0n) is 28.7. The highest BCUT2D eigenvalue weighted by atomic mass is 16.5. The summed E-state index contributed by atoms with van der Waals surface area (Å²) in [6.45, 7) is 10.6. The fourth-order valence-electron chi connectivity index (χ4n) is 8.41. The molecule has 0 atom stereocenters. The Bertz CT molecular complexity index is 1820. The minimum absolute atomic E-state index is 0.269. The quantitative estimate of drug-likeness (QED) is 0.288. The van der Waals surface area contributed by atoms with Crippen molar-refractivity contribution in [3.8, 4) is 11.1 Å². The standard InChI is InChI=1S/C39H46N6O5/c46-36-29-23-28(27-9-7-26(8-10-27)25-44-14-2-1-3-15-44)34-33-30(38(48)45(39(34)49)17-6-16-43-19-21-50-22-20-43)24-31(35(32(29)33)37(47)41-36)40-11-18-42-12-4-5-13-42/h7-10,23-24,40H,1-6,11-22,25H2,(H,41,46,47). The van der Waals surface area contributed by atoms with E-state index in [0.717, 1.165) is 64.5 Å². The van der Waals surface area contributed by atoms with Crippen molar-refractivity contribution in [2.45, 2.75) is 45.1 Å². The molecular formula is C39H46N6O5. The van der Waals surface area contributed by atoms with Crippen molar-refractivity contribution in [3.63, 3.8) is 0 Å². The number of ether oxygens (including phenoxy) is 1. The fourth-order valence-corrected chi connectivity index (χ4v) is 8.41. The van der Waals surface area contributed by atoms with Crippen LogP contribution in [0.2, 0.25) is 0 Å². The van der Waals surface area contributed by atoms with E-state index in [1.807, 2.05) is 12.1 Å². The first-order valence-electron chi connectivity index (χ1n) is 18.4. The van der Waals surface area contributed by atoms with Crippen molar-refractivity contribution in [2.75, 3.05) is 84.0 Å². The van der Waals surface area contributed by atoms with Gasteiger partial charge in [0, 0.05) is 67.8 Å². The molecule has 0 aromatic heterocycles. The minimum atomic E-state index is -0.523. The molecule has 0 bridgehead atoms. The van der Waals surface area contributed by atoms with Crippen molar-refractivity contribution in [2.24, 2.45) is 0 Å². The highest BCUT2D eigenvalue weighted by Gasteiger charge is 2.40. The van der Waals surface area contributed by atoms with E-state index in [1.165, 1.54) is 42.6 Å². The molecule has 0 saturated carbocycles. The van der Waals surface area contributed by atoms with E-state index in [9.17, 15) is 19.2 Å². The molecule has 11 heteroatoms. The maximum Gasteiger partial charge on any atom is 0.262 e. The van der Waals surface area contributed by atoms with E-state index < -0.39 is 17.7 Å². The SMILES string of the molecule is O=C1NC(=O)c2c(NCCN3CCCC3)cc3c4c(c(-c5ccc(CN6CCCCC6)cc5)cc1c24)C(=O)N(CCCN1CCOCC1)C3=O. The van der Waals surface area contributed by atoms with Crippen LogP contribution in [0, 0.1) is 0 Å². The van der Waals surface area contributed by atoms with Crippen molar-refractivity contribution in [3.05, 3.63) is 64.2 Å². The van der Waals surface area contributed by atoms with Crippen LogP contribution in [0.4, 0.5) is 5.69 Å². The highest BCUT2D eigenvalue weighted by molar-refractivity contribution is 6.36. The average Bonchev–Trinajstić information content (AvgIpc) is 3.66. The molecule has 3 aromatic rings. The molecule has 8 rings (SSSR count). The van der Waals surface area contributed by atoms with Gasteiger partial charge in [0.05, 0.1) is 29.9 Å². The Morgan fingerprint density at radius 3 is 2.08 bits per heavy atom. The summed E-state index contributed by atoms with van der Waals surface area (Å²) >= 11 is 0. The predicted octanol–water partition coefficient (Wildman–Crippen LogP) is 4.20. The van der Waals surface area contributed by atoms with Gasteiger partial charge in [-0.05, 0) is 87.1 Å². The van der Waals surface area contributed by atoms with Crippen LogP contribution in [-0.4, -0.2) is 122 Å². The first kappa shape index (κ1) is 33.0. The molecule has 3 fully saturated rings. The molecule has 11 nitrogen and oxygen atoms in total. The van der Waals surface area contributed by atoms with E-state index in [2.05, 4.69) is 37.5 Å². The summed E-state index contributed by atoms with van der Waals surface area (Å²) < 4.78 is 5.49. The molecule has 4 amide bonds. The summed E-state index contributed by atoms with van der Waals surface area (Å²) in [4.78, 5) is 64.5. The van der Waals surface area contributed by atoms with Crippen molar-refractivity contribution in [1.82, 2.24) is 24.9 Å². The second kappa shape index (κ2) is 14.2. The topological polar surface area (TPSA) is 115 Å². The summed E-state index contributed by atoms with van der Waals surface area (Å²) in [6.07, 6.45) is 6.70. The van der Waals surface area contributed by atoms with Crippen LogP contribution in [0.15, 0.2) is 36.4 Å². The number of rotatable bonds is 11. The van der Waals surface area contributed by atoms with Crippen molar-refractivity contribution >= 4 is 40.1 Å². The Kier molecular flexibility index (Phi) is 9.39. The van der Waals surface area contributed by atoms with Crippen LogP contribution in [0.25, 0.3) is 21.9 Å². The number of carbonyl (C=O) groups is 4. The lowest BCUT2D eigenvalue weighted by Crippen LogP contribution is -2.44. The molecular weight excluding hydrogens is 632 g/mol. The average molecular weight is 679 g/mol. The van der Waals surface area contributed by atoms with E-state index in [4.69, 9.17) is 4.74 Å². The number of benzene rings is 3. The number of piperidine rings is 1. The number of hydrogen-bond donors (Lipinski definition) is 2. The van der Waals surface area contributed by atoms with E-state index in [-0.39, 0.29) is 12.5 Å². The maximum absolute atomic E-state index is 14.6. The first-order chi connectivity index (χ1) is 24.5. The number of imide groups is 2. The Balaban J connectivity index is 1.20. The number of amides is 4. The molecule has 3 saturated heterocycles. The Hall–Kier alpha value is -4.16. The summed E-state index contributed by atoms with van der Waals surface area (Å²) in [6, 6.07) is 11.7. The van der Waals surface area contributed by atoms with Crippen molar-refractivity contribution < 1.29 is 23.9 Å². The van der Waals surface area contributed by atoms with Gasteiger partial charge >= 0.3 is 0 Å². The summed E-state index contributed by atoms with van der Waals surface area (Å²) in [7, 11) is 0. The lowest BCUT2D eigenvalue weighted by Gasteiger charge is -2.33. The summed E-state index contributed by atoms with van der Waals surface area (Å²) in [5.41, 5.74) is 4.42. The first-order valence-corrected chi connectivity index (χ1v) is 18.4. The fraction of sp³-hybridized carbons (Fsp3) is 0.487. The van der Waals surface area contributed by atoms with Crippen LogP contribution in [0.3, 0.4) is 0 Å². The Morgan fingerprint density at radius 1 is 0.640 bits per heavy atom. The van der Waals surface area contributed by atoms with Gasteiger partial charge in [0.1, 0.15) is 0 Å². The molecule has 50 heavy (non-hydrogen) atoms. The molecule has 262 valence electrons. The smallest absolute Gasteiger partial charge is 0.262 e. The van der Waals surface area contributed by atoms with Crippen LogP contribution in [0.1, 0.15) is 85.5 Å². The van der Waals surface area contributed by atoms with Gasteiger partial charge in [0.2, 0.25) is 0 Å². The van der Waals surface area contributed by atoms with Crippen LogP contribution in [0.5, 0.6) is 0 Å². The van der Waals surface area contributed by atoms with E-state index in [1.54, 1.807) is 12.1 Å². The summed E-state index contributed by atoms with van der Waals surface area (Å²) in [5.74, 6) is -1.82. The molecule has 0 radical (unpaired) electrons. The molecule has 2 N–H and O–H groups in total. The van der Waals surface area contributed by atoms with Gasteiger partial charge in [-0.3, -0.25) is 39.2 Å². The Labute approximate surface area is 292 Å². The molecule has 3 aromatic carbocycles. The third-order valence-electron chi connectivity index (χ3n) is 11.1. The van der Waals surface area contributed by atoms with Gasteiger partial charge in [-0.15, -0.1) is 0 Å². The zero-order valence-corrected chi connectivity index (χ0v) is 28.7. The monoisotopic (exact) mass is 678 g/mol.